The van der Waals surface area contributed by atoms with Crippen molar-refractivity contribution in [1.29, 1.82) is 0 Å². The number of hydrogen-bond donors (Lipinski definition) is 2. The zero-order chi connectivity index (χ0) is 14.8. The summed E-state index contributed by atoms with van der Waals surface area (Å²) in [5, 5.41) is 3.43. The number of nitrogens with zero attached hydrogens (tertiary/aromatic N) is 2. The lowest BCUT2D eigenvalue weighted by molar-refractivity contribution is 0.0949. The number of aromatic nitrogens is 3. The zero-order valence-electron chi connectivity index (χ0n) is 10.8. The van der Waals surface area contributed by atoms with E-state index in [4.69, 9.17) is 23.8 Å². The molecule has 0 bridgehead atoms. The van der Waals surface area contributed by atoms with Gasteiger partial charge in [0, 0.05) is 18.6 Å². The number of fused-ring (bicyclic) bond motifs is 1. The molecule has 0 aliphatic carbocycles. The Morgan fingerprint density at radius 1 is 1.38 bits per heavy atom. The summed E-state index contributed by atoms with van der Waals surface area (Å²) >= 11 is 11.0. The van der Waals surface area contributed by atoms with Crippen molar-refractivity contribution in [1.82, 2.24) is 19.7 Å². The van der Waals surface area contributed by atoms with Crippen LogP contribution < -0.4 is 5.32 Å². The topological polar surface area (TPSA) is 62.2 Å². The average Bonchev–Trinajstić information content (AvgIpc) is 2.87. The van der Waals surface area contributed by atoms with E-state index in [0.29, 0.717) is 21.8 Å². The normalized spacial score (nSPS) is 10.7. The molecule has 3 heterocycles. The van der Waals surface area contributed by atoms with Gasteiger partial charge < -0.3 is 14.7 Å². The average molecular weight is 319 g/mol. The number of halogens is 1. The Labute approximate surface area is 130 Å². The fraction of sp³-hybridized carbons (Fsp3) is 0.0714. The number of H-pyrrole nitrogens is 1. The van der Waals surface area contributed by atoms with Crippen molar-refractivity contribution in [2.45, 2.75) is 6.54 Å². The molecule has 0 radical (unpaired) electrons. The second-order valence-electron chi connectivity index (χ2n) is 4.44. The van der Waals surface area contributed by atoms with Gasteiger partial charge in [0.2, 0.25) is 0 Å². The number of aromatic amines is 1. The Kier molecular flexibility index (Phi) is 3.72. The number of nitrogens with one attached hydrogen (secondary N) is 2. The van der Waals surface area contributed by atoms with Gasteiger partial charge in [0.05, 0.1) is 22.8 Å². The fourth-order valence-electron chi connectivity index (χ4n) is 1.97. The second-order valence-corrected chi connectivity index (χ2v) is 5.29. The number of hydrogen-bond acceptors (Lipinski definition) is 3. The number of pyridine rings is 2. The predicted octanol–water partition coefficient (Wildman–Crippen LogP) is 2.98. The van der Waals surface area contributed by atoms with Gasteiger partial charge in [0.15, 0.2) is 0 Å². The Morgan fingerprint density at radius 2 is 2.24 bits per heavy atom. The van der Waals surface area contributed by atoms with E-state index in [-0.39, 0.29) is 5.91 Å². The third-order valence-electron chi connectivity index (χ3n) is 2.96. The fourth-order valence-corrected chi connectivity index (χ4v) is 2.37. The van der Waals surface area contributed by atoms with Gasteiger partial charge in [-0.1, -0.05) is 23.8 Å². The molecule has 0 aliphatic rings. The van der Waals surface area contributed by atoms with Crippen LogP contribution in [0.25, 0.3) is 5.65 Å². The lowest BCUT2D eigenvalue weighted by Gasteiger charge is -2.02. The first-order valence-corrected chi connectivity index (χ1v) is 7.01. The number of imidazole rings is 1. The highest BCUT2D eigenvalue weighted by Crippen LogP contribution is 2.11. The standard InChI is InChI=1S/C14H11ClN4OS/c15-9-3-4-12-18-10(8-19(12)7-9)6-17-13(20)11-2-1-5-16-14(11)21/h1-5,7-8H,6H2,(H,16,21)(H,17,20). The van der Waals surface area contributed by atoms with Crippen molar-refractivity contribution < 1.29 is 4.79 Å². The maximum absolute atomic E-state index is 12.1. The SMILES string of the molecule is O=C(NCc1cn2cc(Cl)ccc2n1)c1ccc[nH]c1=S. The van der Waals surface area contributed by atoms with Gasteiger partial charge in [0.25, 0.3) is 5.91 Å². The van der Waals surface area contributed by atoms with Crippen LogP contribution in [0.4, 0.5) is 0 Å². The van der Waals surface area contributed by atoms with Crippen LogP contribution in [0.15, 0.2) is 42.9 Å². The Hall–Kier alpha value is -2.18. The minimum atomic E-state index is -0.230. The lowest BCUT2D eigenvalue weighted by atomic mass is 10.2. The van der Waals surface area contributed by atoms with Crippen molar-refractivity contribution in [3.05, 3.63) is 63.8 Å². The summed E-state index contributed by atoms with van der Waals surface area (Å²) in [5.41, 5.74) is 1.97. The molecule has 0 saturated heterocycles. The molecule has 0 aromatic carbocycles. The molecular weight excluding hydrogens is 308 g/mol. The molecule has 106 valence electrons. The number of carbonyl (C=O) groups is 1. The molecule has 1 amide bonds. The van der Waals surface area contributed by atoms with Crippen LogP contribution in [0.3, 0.4) is 0 Å². The lowest BCUT2D eigenvalue weighted by Crippen LogP contribution is -2.23. The summed E-state index contributed by atoms with van der Waals surface area (Å²) in [6.45, 7) is 0.321. The number of carbonyl (C=O) groups excluding carboxylic acids is 1. The zero-order valence-corrected chi connectivity index (χ0v) is 12.4. The van der Waals surface area contributed by atoms with E-state index in [2.05, 4.69) is 15.3 Å². The van der Waals surface area contributed by atoms with Crippen molar-refractivity contribution in [3.8, 4) is 0 Å². The number of amides is 1. The van der Waals surface area contributed by atoms with Gasteiger partial charge in [-0.2, -0.15) is 0 Å². The molecule has 0 unspecified atom stereocenters. The first-order valence-electron chi connectivity index (χ1n) is 6.22. The van der Waals surface area contributed by atoms with E-state index in [1.165, 1.54) is 0 Å². The molecule has 3 rings (SSSR count). The minimum absolute atomic E-state index is 0.230. The number of rotatable bonds is 3. The van der Waals surface area contributed by atoms with Crippen molar-refractivity contribution >= 4 is 35.4 Å². The maximum Gasteiger partial charge on any atom is 0.254 e. The van der Waals surface area contributed by atoms with Gasteiger partial charge in [-0.15, -0.1) is 0 Å². The summed E-state index contributed by atoms with van der Waals surface area (Å²) in [4.78, 5) is 19.3. The van der Waals surface area contributed by atoms with E-state index in [9.17, 15) is 4.79 Å². The van der Waals surface area contributed by atoms with Crippen molar-refractivity contribution in [2.75, 3.05) is 0 Å². The first-order chi connectivity index (χ1) is 10.1. The van der Waals surface area contributed by atoms with Crippen molar-refractivity contribution in [3.63, 3.8) is 0 Å². The Morgan fingerprint density at radius 3 is 3.05 bits per heavy atom. The molecule has 0 aliphatic heterocycles. The highest BCUT2D eigenvalue weighted by atomic mass is 35.5. The quantitative estimate of drug-likeness (QED) is 0.730. The molecule has 0 spiro atoms. The van der Waals surface area contributed by atoms with E-state index in [1.807, 2.05) is 16.7 Å². The molecule has 21 heavy (non-hydrogen) atoms. The summed E-state index contributed by atoms with van der Waals surface area (Å²) in [5.74, 6) is -0.230. The highest BCUT2D eigenvalue weighted by molar-refractivity contribution is 7.71. The molecule has 2 N–H and O–H groups in total. The summed E-state index contributed by atoms with van der Waals surface area (Å²) in [7, 11) is 0. The summed E-state index contributed by atoms with van der Waals surface area (Å²) in [6, 6.07) is 7.01. The monoisotopic (exact) mass is 318 g/mol. The van der Waals surface area contributed by atoms with Gasteiger partial charge in [-0.25, -0.2) is 4.98 Å². The molecular formula is C14H11ClN4OS. The maximum atomic E-state index is 12.1. The van der Waals surface area contributed by atoms with Crippen LogP contribution in [0.2, 0.25) is 5.02 Å². The van der Waals surface area contributed by atoms with Crippen LogP contribution in [-0.2, 0) is 6.54 Å². The first kappa shape index (κ1) is 13.8. The van der Waals surface area contributed by atoms with E-state index in [0.717, 1.165) is 11.3 Å². The van der Waals surface area contributed by atoms with E-state index in [1.54, 1.807) is 30.6 Å². The van der Waals surface area contributed by atoms with Gasteiger partial charge >= 0.3 is 0 Å². The van der Waals surface area contributed by atoms with Crippen LogP contribution in [0, 0.1) is 4.64 Å². The Balaban J connectivity index is 1.76. The third kappa shape index (κ3) is 2.96. The highest BCUT2D eigenvalue weighted by Gasteiger charge is 2.08. The molecule has 0 atom stereocenters. The predicted molar refractivity (Wildman–Crippen MR) is 83.0 cm³/mol. The summed E-state index contributed by atoms with van der Waals surface area (Å²) in [6.07, 6.45) is 5.28. The van der Waals surface area contributed by atoms with E-state index < -0.39 is 0 Å². The third-order valence-corrected chi connectivity index (χ3v) is 3.52. The second kappa shape index (κ2) is 5.67. The van der Waals surface area contributed by atoms with Crippen LogP contribution >= 0.6 is 23.8 Å². The smallest absolute Gasteiger partial charge is 0.254 e. The minimum Gasteiger partial charge on any atom is -0.352 e. The van der Waals surface area contributed by atoms with E-state index >= 15 is 0 Å². The van der Waals surface area contributed by atoms with Crippen LogP contribution in [0.5, 0.6) is 0 Å². The molecule has 0 fully saturated rings. The molecule has 7 heteroatoms. The molecule has 0 saturated carbocycles. The van der Waals surface area contributed by atoms with Crippen molar-refractivity contribution in [2.24, 2.45) is 0 Å². The molecule has 5 nitrogen and oxygen atoms in total. The Bertz CT molecular complexity index is 871. The van der Waals surface area contributed by atoms with Gasteiger partial charge in [0.1, 0.15) is 10.3 Å². The van der Waals surface area contributed by atoms with Gasteiger partial charge in [-0.3, -0.25) is 4.79 Å². The van der Waals surface area contributed by atoms with Crippen LogP contribution in [0.1, 0.15) is 16.1 Å². The summed E-state index contributed by atoms with van der Waals surface area (Å²) < 4.78 is 2.23. The largest absolute Gasteiger partial charge is 0.352 e. The molecule has 3 aromatic rings. The molecule has 3 aromatic heterocycles. The van der Waals surface area contributed by atoms with Crippen LogP contribution in [-0.4, -0.2) is 20.3 Å². The van der Waals surface area contributed by atoms with Gasteiger partial charge in [-0.05, 0) is 24.3 Å².